The molecule has 0 radical (unpaired) electrons. The van der Waals surface area contributed by atoms with Crippen LogP contribution >= 0.6 is 0 Å². The van der Waals surface area contributed by atoms with Crippen molar-refractivity contribution >= 4 is 23.3 Å². The average Bonchev–Trinajstić information content (AvgIpc) is 2.39. The quantitative estimate of drug-likeness (QED) is 0.767. The molecule has 1 aromatic carbocycles. The number of rotatable bonds is 3. The number of carbonyl (C=O) groups excluding carboxylic acids is 2. The minimum Gasteiger partial charge on any atom is -0.545 e. The largest absolute Gasteiger partial charge is 0.545 e. The van der Waals surface area contributed by atoms with E-state index in [0.717, 1.165) is 0 Å². The summed E-state index contributed by atoms with van der Waals surface area (Å²) in [6, 6.07) is 7.27. The third-order valence-corrected chi connectivity index (χ3v) is 2.43. The zero-order valence-corrected chi connectivity index (χ0v) is 9.79. The molecule has 19 heavy (non-hydrogen) atoms. The van der Waals surface area contributed by atoms with Crippen LogP contribution < -0.4 is 16.2 Å². The fourth-order valence-corrected chi connectivity index (χ4v) is 1.56. The summed E-state index contributed by atoms with van der Waals surface area (Å²) in [5.41, 5.74) is 5.93. The molecule has 0 aliphatic rings. The molecule has 0 bridgehead atoms. The van der Waals surface area contributed by atoms with E-state index in [-0.39, 0.29) is 16.8 Å². The van der Waals surface area contributed by atoms with Crippen LogP contribution in [0.1, 0.15) is 20.7 Å². The van der Waals surface area contributed by atoms with Crippen LogP contribution in [0.3, 0.4) is 0 Å². The highest BCUT2D eigenvalue weighted by atomic mass is 16.4. The predicted octanol–water partition coefficient (Wildman–Crippen LogP) is 0.280. The van der Waals surface area contributed by atoms with E-state index in [4.69, 9.17) is 5.73 Å². The number of aromatic nitrogens is 1. The average molecular weight is 256 g/mol. The number of carboxylic acid groups (broad SMARTS) is 1. The fourth-order valence-electron chi connectivity index (χ4n) is 1.56. The number of pyridine rings is 1. The highest BCUT2D eigenvalue weighted by Crippen LogP contribution is 2.15. The summed E-state index contributed by atoms with van der Waals surface area (Å²) < 4.78 is 0. The second-order valence-electron chi connectivity index (χ2n) is 3.79. The molecule has 6 nitrogen and oxygen atoms in total. The molecule has 0 spiro atoms. The van der Waals surface area contributed by atoms with Gasteiger partial charge in [0.05, 0.1) is 17.9 Å². The first-order chi connectivity index (χ1) is 9.08. The molecule has 0 aliphatic carbocycles. The number of aromatic carboxylic acids is 1. The van der Waals surface area contributed by atoms with Crippen molar-refractivity contribution in [2.24, 2.45) is 0 Å². The van der Waals surface area contributed by atoms with Crippen LogP contribution in [0.15, 0.2) is 42.7 Å². The van der Waals surface area contributed by atoms with Crippen LogP contribution in [0, 0.1) is 0 Å². The highest BCUT2D eigenvalue weighted by molar-refractivity contribution is 6.10. The first-order valence-electron chi connectivity index (χ1n) is 5.40. The van der Waals surface area contributed by atoms with Gasteiger partial charge >= 0.3 is 0 Å². The van der Waals surface area contributed by atoms with Crippen molar-refractivity contribution in [3.05, 3.63) is 53.9 Å². The molecule has 0 fully saturated rings. The van der Waals surface area contributed by atoms with Gasteiger partial charge in [0, 0.05) is 23.0 Å². The van der Waals surface area contributed by atoms with Crippen molar-refractivity contribution in [3.8, 4) is 0 Å². The lowest BCUT2D eigenvalue weighted by Crippen LogP contribution is -2.26. The Hall–Kier alpha value is -2.89. The van der Waals surface area contributed by atoms with Gasteiger partial charge in [-0.1, -0.05) is 0 Å². The number of anilines is 2. The summed E-state index contributed by atoms with van der Waals surface area (Å²) >= 11 is 0. The molecule has 0 atom stereocenters. The van der Waals surface area contributed by atoms with Crippen LogP contribution in [0.2, 0.25) is 0 Å². The van der Waals surface area contributed by atoms with E-state index in [1.165, 1.54) is 24.4 Å². The summed E-state index contributed by atoms with van der Waals surface area (Å²) in [7, 11) is 0. The Balaban J connectivity index is 2.31. The van der Waals surface area contributed by atoms with Crippen LogP contribution in [-0.4, -0.2) is 16.9 Å². The fraction of sp³-hybridized carbons (Fsp3) is 0. The van der Waals surface area contributed by atoms with Crippen molar-refractivity contribution < 1.29 is 14.7 Å². The Kier molecular flexibility index (Phi) is 3.42. The lowest BCUT2D eigenvalue weighted by molar-refractivity contribution is -0.255. The lowest BCUT2D eigenvalue weighted by Gasteiger charge is -2.11. The molecule has 1 aromatic heterocycles. The number of nitrogen functional groups attached to an aromatic ring is 1. The van der Waals surface area contributed by atoms with Gasteiger partial charge in [0.1, 0.15) is 0 Å². The molecule has 0 saturated carbocycles. The maximum absolute atomic E-state index is 12.0. The van der Waals surface area contributed by atoms with Crippen LogP contribution in [0.25, 0.3) is 0 Å². The van der Waals surface area contributed by atoms with Crippen LogP contribution in [0.4, 0.5) is 11.4 Å². The molecule has 2 rings (SSSR count). The second-order valence-corrected chi connectivity index (χ2v) is 3.79. The number of nitrogens with zero attached hydrogens (tertiary/aromatic N) is 1. The molecule has 96 valence electrons. The summed E-state index contributed by atoms with van der Waals surface area (Å²) in [6.07, 6.45) is 3.01. The number of nitrogens with one attached hydrogen (secondary N) is 1. The molecule has 0 saturated heterocycles. The van der Waals surface area contributed by atoms with Gasteiger partial charge < -0.3 is 21.0 Å². The maximum Gasteiger partial charge on any atom is 0.256 e. The molecule has 1 heterocycles. The summed E-state index contributed by atoms with van der Waals surface area (Å²) in [4.78, 5) is 26.8. The Bertz CT molecular complexity index is 626. The summed E-state index contributed by atoms with van der Waals surface area (Å²) in [6.45, 7) is 0. The van der Waals surface area contributed by atoms with Crippen molar-refractivity contribution in [2.45, 2.75) is 0 Å². The van der Waals surface area contributed by atoms with Gasteiger partial charge in [-0.05, 0) is 30.3 Å². The number of carboxylic acids is 1. The Morgan fingerprint density at radius 2 is 2.00 bits per heavy atom. The zero-order valence-electron chi connectivity index (χ0n) is 9.79. The monoisotopic (exact) mass is 256 g/mol. The first-order valence-corrected chi connectivity index (χ1v) is 5.40. The Morgan fingerprint density at radius 1 is 1.21 bits per heavy atom. The van der Waals surface area contributed by atoms with Gasteiger partial charge in [-0.25, -0.2) is 0 Å². The van der Waals surface area contributed by atoms with E-state index in [1.807, 2.05) is 0 Å². The molecular weight excluding hydrogens is 246 g/mol. The minimum absolute atomic E-state index is 0.0157. The number of benzene rings is 1. The van der Waals surface area contributed by atoms with E-state index in [9.17, 15) is 14.7 Å². The van der Waals surface area contributed by atoms with Crippen LogP contribution in [-0.2, 0) is 0 Å². The van der Waals surface area contributed by atoms with Crippen molar-refractivity contribution in [1.82, 2.24) is 4.98 Å². The number of hydrogen-bond donors (Lipinski definition) is 2. The molecule has 3 N–H and O–H groups in total. The SMILES string of the molecule is Nc1ccc(C(=O)Nc2cccnc2)c(C(=O)[O-])c1. The third kappa shape index (κ3) is 2.86. The van der Waals surface area contributed by atoms with Gasteiger partial charge in [0.15, 0.2) is 0 Å². The standard InChI is InChI=1S/C13H11N3O3/c14-8-3-4-10(11(6-8)13(18)19)12(17)16-9-2-1-5-15-7-9/h1-7H,14H2,(H,16,17)(H,18,19)/p-1. The predicted molar refractivity (Wildman–Crippen MR) is 67.4 cm³/mol. The minimum atomic E-state index is -1.45. The number of hydrogen-bond acceptors (Lipinski definition) is 5. The first kappa shape index (κ1) is 12.6. The topological polar surface area (TPSA) is 108 Å². The van der Waals surface area contributed by atoms with E-state index in [2.05, 4.69) is 10.3 Å². The Labute approximate surface area is 108 Å². The smallest absolute Gasteiger partial charge is 0.256 e. The molecule has 0 aliphatic heterocycles. The molecule has 1 amide bonds. The summed E-state index contributed by atoms with van der Waals surface area (Å²) in [5, 5.41) is 13.5. The lowest BCUT2D eigenvalue weighted by atomic mass is 10.1. The highest BCUT2D eigenvalue weighted by Gasteiger charge is 2.12. The number of carbonyl (C=O) groups is 2. The van der Waals surface area contributed by atoms with Gasteiger partial charge in [-0.2, -0.15) is 0 Å². The van der Waals surface area contributed by atoms with E-state index in [1.54, 1.807) is 18.3 Å². The van der Waals surface area contributed by atoms with Gasteiger partial charge in [-0.15, -0.1) is 0 Å². The normalized spacial score (nSPS) is 9.89. The number of nitrogens with two attached hydrogens (primary N) is 1. The number of amides is 1. The van der Waals surface area contributed by atoms with Gasteiger partial charge in [-0.3, -0.25) is 9.78 Å². The van der Waals surface area contributed by atoms with Gasteiger partial charge in [0.25, 0.3) is 5.91 Å². The van der Waals surface area contributed by atoms with Gasteiger partial charge in [0.2, 0.25) is 0 Å². The Morgan fingerprint density at radius 3 is 2.63 bits per heavy atom. The molecule has 6 heteroatoms. The van der Waals surface area contributed by atoms with E-state index in [0.29, 0.717) is 5.69 Å². The zero-order chi connectivity index (χ0) is 13.8. The maximum atomic E-state index is 12.0. The summed E-state index contributed by atoms with van der Waals surface area (Å²) in [5.74, 6) is -2.02. The molecule has 2 aromatic rings. The molecule has 0 unspecified atom stereocenters. The van der Waals surface area contributed by atoms with E-state index < -0.39 is 11.9 Å². The van der Waals surface area contributed by atoms with Crippen LogP contribution in [0.5, 0.6) is 0 Å². The van der Waals surface area contributed by atoms with E-state index >= 15 is 0 Å². The van der Waals surface area contributed by atoms with Crippen molar-refractivity contribution in [3.63, 3.8) is 0 Å². The molecular formula is C13H10N3O3-. The van der Waals surface area contributed by atoms with Crippen molar-refractivity contribution in [2.75, 3.05) is 11.1 Å². The van der Waals surface area contributed by atoms with Crippen molar-refractivity contribution in [1.29, 1.82) is 0 Å². The second kappa shape index (κ2) is 5.18. The third-order valence-electron chi connectivity index (χ3n) is 2.43.